The Morgan fingerprint density at radius 1 is 1.00 bits per heavy atom. The van der Waals surface area contributed by atoms with E-state index >= 15 is 0 Å². The van der Waals surface area contributed by atoms with Crippen LogP contribution in [-0.4, -0.2) is 31.9 Å². The third-order valence-electron chi connectivity index (χ3n) is 3.82. The number of ether oxygens (including phenoxy) is 3. The van der Waals surface area contributed by atoms with Crippen molar-refractivity contribution in [3.05, 3.63) is 63.0 Å². The minimum atomic E-state index is -1.20. The van der Waals surface area contributed by atoms with Gasteiger partial charge in [-0.25, -0.2) is 4.79 Å². The minimum Gasteiger partial charge on any atom is -0.496 e. The van der Waals surface area contributed by atoms with E-state index in [0.29, 0.717) is 0 Å². The molecule has 3 rings (SSSR count). The number of carbonyl (C=O) groups is 3. The SMILES string of the molecule is COc1cccc2c1C(=O)c1c(OC)cc(OC(=O)N=[N+]=[N-])cc1C2=O. The summed E-state index contributed by atoms with van der Waals surface area (Å²) in [5.41, 5.74) is 8.63. The lowest BCUT2D eigenvalue weighted by Crippen LogP contribution is -2.22. The highest BCUT2D eigenvalue weighted by Crippen LogP contribution is 2.39. The van der Waals surface area contributed by atoms with Gasteiger partial charge in [0.15, 0.2) is 5.78 Å². The normalized spacial score (nSPS) is 11.8. The van der Waals surface area contributed by atoms with Gasteiger partial charge < -0.3 is 14.2 Å². The second-order valence-electron chi connectivity index (χ2n) is 5.15. The van der Waals surface area contributed by atoms with Gasteiger partial charge in [0, 0.05) is 27.2 Å². The first kappa shape index (κ1) is 17.0. The van der Waals surface area contributed by atoms with Crippen LogP contribution >= 0.6 is 0 Å². The third-order valence-corrected chi connectivity index (χ3v) is 3.82. The molecule has 0 aliphatic heterocycles. The molecule has 2 aromatic rings. The summed E-state index contributed by atoms with van der Waals surface area (Å²) in [6.07, 6.45) is -1.20. The van der Waals surface area contributed by atoms with Crippen molar-refractivity contribution in [2.24, 2.45) is 5.11 Å². The molecule has 2 aromatic carbocycles. The number of hydrogen-bond acceptors (Lipinski definition) is 6. The van der Waals surface area contributed by atoms with E-state index < -0.39 is 17.7 Å². The molecule has 0 radical (unpaired) electrons. The average molecular weight is 353 g/mol. The Labute approximate surface area is 146 Å². The number of ketones is 2. The highest BCUT2D eigenvalue weighted by atomic mass is 16.6. The maximum absolute atomic E-state index is 13.0. The number of hydrogen-bond donors (Lipinski definition) is 0. The lowest BCUT2D eigenvalue weighted by Gasteiger charge is -2.21. The molecular formula is C17H11N3O6. The van der Waals surface area contributed by atoms with Gasteiger partial charge in [-0.1, -0.05) is 12.1 Å². The Bertz CT molecular complexity index is 1010. The highest BCUT2D eigenvalue weighted by Gasteiger charge is 2.35. The van der Waals surface area contributed by atoms with E-state index in [-0.39, 0.29) is 39.5 Å². The molecule has 130 valence electrons. The van der Waals surface area contributed by atoms with E-state index in [4.69, 9.17) is 19.7 Å². The molecule has 0 unspecified atom stereocenters. The van der Waals surface area contributed by atoms with Crippen LogP contribution in [-0.2, 0) is 0 Å². The molecular weight excluding hydrogens is 342 g/mol. The summed E-state index contributed by atoms with van der Waals surface area (Å²) >= 11 is 0. The Balaban J connectivity index is 2.20. The zero-order valence-corrected chi connectivity index (χ0v) is 13.7. The summed E-state index contributed by atoms with van der Waals surface area (Å²) in [5.74, 6) is -0.677. The first-order valence-electron chi connectivity index (χ1n) is 7.27. The number of benzene rings is 2. The van der Waals surface area contributed by atoms with Crippen LogP contribution in [0.1, 0.15) is 31.8 Å². The Hall–Kier alpha value is -3.84. The van der Waals surface area contributed by atoms with Crippen LogP contribution in [0.25, 0.3) is 10.4 Å². The molecule has 0 aromatic heterocycles. The van der Waals surface area contributed by atoms with E-state index in [9.17, 15) is 14.4 Å². The maximum atomic E-state index is 13.0. The van der Waals surface area contributed by atoms with Crippen molar-refractivity contribution in [2.75, 3.05) is 14.2 Å². The number of carbonyl (C=O) groups excluding carboxylic acids is 3. The molecule has 26 heavy (non-hydrogen) atoms. The standard InChI is InChI=1S/C17H11N3O6/c1-24-11-5-3-4-9-13(11)16(22)14-10(15(9)21)6-8(7-12(14)25-2)26-17(23)19-20-18/h3-7H,1-2H3. The van der Waals surface area contributed by atoms with E-state index in [0.717, 1.165) is 0 Å². The van der Waals surface area contributed by atoms with Crippen molar-refractivity contribution in [1.82, 2.24) is 0 Å². The van der Waals surface area contributed by atoms with Crippen molar-refractivity contribution >= 4 is 17.7 Å². The van der Waals surface area contributed by atoms with Gasteiger partial charge in [-0.15, -0.1) is 0 Å². The van der Waals surface area contributed by atoms with Gasteiger partial charge in [0.1, 0.15) is 17.2 Å². The molecule has 0 saturated heterocycles. The topological polar surface area (TPSA) is 128 Å². The average Bonchev–Trinajstić information content (AvgIpc) is 2.64. The first-order valence-corrected chi connectivity index (χ1v) is 7.27. The Morgan fingerprint density at radius 3 is 2.35 bits per heavy atom. The number of fused-ring (bicyclic) bond motifs is 2. The molecule has 0 fully saturated rings. The van der Waals surface area contributed by atoms with Crippen LogP contribution in [0, 0.1) is 0 Å². The lowest BCUT2D eigenvalue weighted by molar-refractivity contribution is 0.0973. The molecule has 0 N–H and O–H groups in total. The summed E-state index contributed by atoms with van der Waals surface area (Å²) in [5, 5.41) is 2.79. The van der Waals surface area contributed by atoms with Crippen LogP contribution in [0.4, 0.5) is 4.79 Å². The van der Waals surface area contributed by atoms with Gasteiger partial charge in [0.25, 0.3) is 0 Å². The van der Waals surface area contributed by atoms with Gasteiger partial charge in [-0.05, 0) is 17.7 Å². The maximum Gasteiger partial charge on any atom is 0.402 e. The number of azide groups is 1. The van der Waals surface area contributed by atoms with E-state index in [1.54, 1.807) is 12.1 Å². The van der Waals surface area contributed by atoms with Crippen LogP contribution in [0.5, 0.6) is 17.2 Å². The first-order chi connectivity index (χ1) is 12.5. The highest BCUT2D eigenvalue weighted by molar-refractivity contribution is 6.30. The second kappa shape index (κ2) is 6.58. The molecule has 0 spiro atoms. The fourth-order valence-corrected chi connectivity index (χ4v) is 2.78. The molecule has 1 aliphatic carbocycles. The molecule has 9 nitrogen and oxygen atoms in total. The zero-order chi connectivity index (χ0) is 18.8. The smallest absolute Gasteiger partial charge is 0.402 e. The number of rotatable bonds is 3. The number of nitrogens with zero attached hydrogens (tertiary/aromatic N) is 3. The monoisotopic (exact) mass is 353 g/mol. The predicted octanol–water partition coefficient (Wildman–Crippen LogP) is 3.29. The van der Waals surface area contributed by atoms with Crippen LogP contribution in [0.3, 0.4) is 0 Å². The molecule has 1 aliphatic rings. The fraction of sp³-hybridized carbons (Fsp3) is 0.118. The zero-order valence-electron chi connectivity index (χ0n) is 13.7. The van der Waals surface area contributed by atoms with Crippen molar-refractivity contribution in [3.8, 4) is 17.2 Å². The van der Waals surface area contributed by atoms with Crippen molar-refractivity contribution in [3.63, 3.8) is 0 Å². The molecule has 0 saturated carbocycles. The van der Waals surface area contributed by atoms with Gasteiger partial charge >= 0.3 is 6.09 Å². The second-order valence-corrected chi connectivity index (χ2v) is 5.15. The van der Waals surface area contributed by atoms with Crippen molar-refractivity contribution < 1.29 is 28.6 Å². The van der Waals surface area contributed by atoms with E-state index in [2.05, 4.69) is 10.0 Å². The summed E-state index contributed by atoms with van der Waals surface area (Å²) in [6.45, 7) is 0. The summed E-state index contributed by atoms with van der Waals surface area (Å²) in [4.78, 5) is 39.5. The predicted molar refractivity (Wildman–Crippen MR) is 88.0 cm³/mol. The lowest BCUT2D eigenvalue weighted by atomic mass is 9.83. The molecule has 0 bridgehead atoms. The van der Waals surface area contributed by atoms with Gasteiger partial charge in [-0.2, -0.15) is 0 Å². The van der Waals surface area contributed by atoms with Gasteiger partial charge in [0.2, 0.25) is 5.78 Å². The third kappa shape index (κ3) is 2.62. The van der Waals surface area contributed by atoms with Crippen molar-refractivity contribution in [1.29, 1.82) is 0 Å². The quantitative estimate of drug-likeness (QED) is 0.404. The molecule has 9 heteroatoms. The molecule has 1 amide bonds. The minimum absolute atomic E-state index is 0.0128. The van der Waals surface area contributed by atoms with Crippen LogP contribution < -0.4 is 14.2 Å². The Kier molecular flexibility index (Phi) is 4.30. The largest absolute Gasteiger partial charge is 0.496 e. The number of methoxy groups -OCH3 is 2. The van der Waals surface area contributed by atoms with E-state index in [1.807, 2.05) is 0 Å². The summed E-state index contributed by atoms with van der Waals surface area (Å²) in [6, 6.07) is 7.17. The Morgan fingerprint density at radius 2 is 1.69 bits per heavy atom. The molecule has 0 heterocycles. The van der Waals surface area contributed by atoms with Crippen LogP contribution in [0.15, 0.2) is 35.4 Å². The van der Waals surface area contributed by atoms with Crippen LogP contribution in [0.2, 0.25) is 0 Å². The summed E-state index contributed by atoms with van der Waals surface area (Å²) in [7, 11) is 2.71. The fourth-order valence-electron chi connectivity index (χ4n) is 2.78. The van der Waals surface area contributed by atoms with Gasteiger partial charge in [-0.3, -0.25) is 9.59 Å². The van der Waals surface area contributed by atoms with Gasteiger partial charge in [0.05, 0.1) is 25.3 Å². The summed E-state index contributed by atoms with van der Waals surface area (Å²) < 4.78 is 15.2. The van der Waals surface area contributed by atoms with E-state index in [1.165, 1.54) is 32.4 Å². The molecule has 0 atom stereocenters. The van der Waals surface area contributed by atoms with Crippen molar-refractivity contribution in [2.45, 2.75) is 0 Å². The number of amides is 1.